The molecule has 0 aliphatic rings. The van der Waals surface area contributed by atoms with Crippen molar-refractivity contribution in [3.05, 3.63) is 43.6 Å². The number of aliphatic hydroxyl groups is 2. The Kier molecular flexibility index (Phi) is 4.33. The highest BCUT2D eigenvalue weighted by molar-refractivity contribution is 6.30. The van der Waals surface area contributed by atoms with E-state index in [2.05, 4.69) is 15.0 Å². The molecule has 0 aliphatic heterocycles. The van der Waals surface area contributed by atoms with Crippen molar-refractivity contribution in [3.8, 4) is 0 Å². The predicted octanol–water partition coefficient (Wildman–Crippen LogP) is 0.733. The van der Waals surface area contributed by atoms with Gasteiger partial charge in [0, 0.05) is 16.7 Å². The molecule has 16 heavy (non-hydrogen) atoms. The van der Waals surface area contributed by atoms with E-state index in [0.717, 1.165) is 0 Å². The molecule has 0 radical (unpaired) electrons. The number of azide groups is 1. The molecule has 0 fully saturated rings. The molecule has 8 heteroatoms. The first-order valence-electron chi connectivity index (χ1n) is 4.31. The van der Waals surface area contributed by atoms with Gasteiger partial charge in [0.25, 0.3) is 5.56 Å². The lowest BCUT2D eigenvalue weighted by Gasteiger charge is -2.15. The van der Waals surface area contributed by atoms with Crippen LogP contribution in [0.2, 0.25) is 5.02 Å². The quantitative estimate of drug-likeness (QED) is 0.411. The Morgan fingerprint density at radius 3 is 2.94 bits per heavy atom. The van der Waals surface area contributed by atoms with Crippen LogP contribution in [0.1, 0.15) is 11.7 Å². The van der Waals surface area contributed by atoms with Crippen molar-refractivity contribution in [2.45, 2.75) is 12.2 Å². The van der Waals surface area contributed by atoms with Gasteiger partial charge in [0.05, 0.1) is 17.7 Å². The van der Waals surface area contributed by atoms with E-state index in [9.17, 15) is 15.0 Å². The molecular weight excluding hydrogens is 236 g/mol. The third-order valence-electron chi connectivity index (χ3n) is 1.91. The number of aromatic amines is 1. The summed E-state index contributed by atoms with van der Waals surface area (Å²) in [5.74, 6) is 0. The van der Waals surface area contributed by atoms with E-state index in [0.29, 0.717) is 0 Å². The average Bonchev–Trinajstić information content (AvgIpc) is 2.28. The van der Waals surface area contributed by atoms with Gasteiger partial charge < -0.3 is 15.2 Å². The summed E-state index contributed by atoms with van der Waals surface area (Å²) in [5, 5.41) is 22.3. The fraction of sp³-hybridized carbons (Fsp3) is 0.375. The van der Waals surface area contributed by atoms with Gasteiger partial charge in [-0.2, -0.15) is 0 Å². The Balaban J connectivity index is 2.94. The van der Waals surface area contributed by atoms with E-state index in [-0.39, 0.29) is 17.1 Å². The topological polar surface area (TPSA) is 122 Å². The Morgan fingerprint density at radius 2 is 2.31 bits per heavy atom. The van der Waals surface area contributed by atoms with Crippen LogP contribution in [-0.2, 0) is 0 Å². The monoisotopic (exact) mass is 244 g/mol. The van der Waals surface area contributed by atoms with Crippen molar-refractivity contribution in [2.24, 2.45) is 5.11 Å². The van der Waals surface area contributed by atoms with Crippen LogP contribution in [0.5, 0.6) is 0 Å². The number of halogens is 1. The largest absolute Gasteiger partial charge is 0.390 e. The van der Waals surface area contributed by atoms with Gasteiger partial charge in [-0.3, -0.25) is 4.79 Å². The molecule has 0 aromatic carbocycles. The summed E-state index contributed by atoms with van der Waals surface area (Å²) in [6.45, 7) is -0.330. The maximum absolute atomic E-state index is 11.3. The summed E-state index contributed by atoms with van der Waals surface area (Å²) in [4.78, 5) is 16.0. The molecule has 3 N–H and O–H groups in total. The van der Waals surface area contributed by atoms with Crippen molar-refractivity contribution < 1.29 is 10.2 Å². The number of hydrogen-bond donors (Lipinski definition) is 3. The van der Waals surface area contributed by atoms with Crippen molar-refractivity contribution in [2.75, 3.05) is 6.54 Å². The SMILES string of the molecule is [N-]=[N+]=NCC(O)C(O)c1cc(Cl)c[nH]c1=O. The second-order valence-electron chi connectivity index (χ2n) is 3.03. The molecule has 86 valence electrons. The normalized spacial score (nSPS) is 13.9. The van der Waals surface area contributed by atoms with Crippen LogP contribution in [0.3, 0.4) is 0 Å². The molecule has 2 unspecified atom stereocenters. The average molecular weight is 245 g/mol. The minimum Gasteiger partial charge on any atom is -0.390 e. The van der Waals surface area contributed by atoms with E-state index in [1.165, 1.54) is 12.3 Å². The fourth-order valence-electron chi connectivity index (χ4n) is 1.12. The van der Waals surface area contributed by atoms with Crippen LogP contribution >= 0.6 is 11.6 Å². The van der Waals surface area contributed by atoms with Crippen LogP contribution in [0.15, 0.2) is 22.2 Å². The highest BCUT2D eigenvalue weighted by atomic mass is 35.5. The molecule has 1 rings (SSSR count). The minimum atomic E-state index is -1.45. The van der Waals surface area contributed by atoms with Crippen molar-refractivity contribution in [1.82, 2.24) is 4.98 Å². The van der Waals surface area contributed by atoms with Gasteiger partial charge >= 0.3 is 0 Å². The molecule has 0 aliphatic carbocycles. The molecule has 0 bridgehead atoms. The summed E-state index contributed by atoms with van der Waals surface area (Å²) < 4.78 is 0. The van der Waals surface area contributed by atoms with E-state index >= 15 is 0 Å². The summed E-state index contributed by atoms with van der Waals surface area (Å²) in [5.41, 5.74) is 7.41. The first-order valence-corrected chi connectivity index (χ1v) is 4.69. The Hall–Kier alpha value is -1.53. The van der Waals surface area contributed by atoms with E-state index in [4.69, 9.17) is 17.1 Å². The van der Waals surface area contributed by atoms with Gasteiger partial charge in [-0.05, 0) is 11.6 Å². The molecule has 1 aromatic heterocycles. The second-order valence-corrected chi connectivity index (χ2v) is 3.46. The van der Waals surface area contributed by atoms with Gasteiger partial charge in [-0.15, -0.1) is 0 Å². The summed E-state index contributed by atoms with van der Waals surface area (Å²) in [7, 11) is 0. The van der Waals surface area contributed by atoms with Crippen LogP contribution in [0, 0.1) is 0 Å². The summed E-state index contributed by atoms with van der Waals surface area (Å²) in [6, 6.07) is 1.24. The molecule has 0 amide bonds. The Labute approximate surface area is 94.9 Å². The highest BCUT2D eigenvalue weighted by Crippen LogP contribution is 2.16. The molecular formula is C8H9ClN4O3. The summed E-state index contributed by atoms with van der Waals surface area (Å²) >= 11 is 5.63. The standard InChI is InChI=1S/C8H9ClN4O3/c9-4-1-5(8(16)11-2-4)7(15)6(14)3-12-13-10/h1-2,6-7,14-15H,3H2,(H,11,16). The number of nitrogens with one attached hydrogen (secondary N) is 1. The zero-order valence-electron chi connectivity index (χ0n) is 8.04. The molecule has 1 heterocycles. The number of pyridine rings is 1. The second kappa shape index (κ2) is 5.53. The van der Waals surface area contributed by atoms with E-state index in [1.807, 2.05) is 0 Å². The highest BCUT2D eigenvalue weighted by Gasteiger charge is 2.20. The lowest BCUT2D eigenvalue weighted by atomic mass is 10.1. The van der Waals surface area contributed by atoms with E-state index < -0.39 is 17.8 Å². The lowest BCUT2D eigenvalue weighted by Crippen LogP contribution is -2.27. The third kappa shape index (κ3) is 2.98. The van der Waals surface area contributed by atoms with Crippen LogP contribution in [0.25, 0.3) is 10.4 Å². The molecule has 0 saturated carbocycles. The zero-order valence-corrected chi connectivity index (χ0v) is 8.79. The van der Waals surface area contributed by atoms with Crippen molar-refractivity contribution in [3.63, 3.8) is 0 Å². The third-order valence-corrected chi connectivity index (χ3v) is 2.13. The fourth-order valence-corrected chi connectivity index (χ4v) is 1.29. The van der Waals surface area contributed by atoms with Crippen LogP contribution < -0.4 is 5.56 Å². The number of nitrogens with zero attached hydrogens (tertiary/aromatic N) is 3. The molecule has 2 atom stereocenters. The van der Waals surface area contributed by atoms with Crippen LogP contribution in [-0.4, -0.2) is 27.8 Å². The number of hydrogen-bond acceptors (Lipinski definition) is 4. The maximum atomic E-state index is 11.3. The Bertz CT molecular complexity index is 469. The summed E-state index contributed by atoms with van der Waals surface area (Å²) in [6.07, 6.45) is -1.54. The molecule has 0 spiro atoms. The van der Waals surface area contributed by atoms with Crippen molar-refractivity contribution >= 4 is 11.6 Å². The minimum absolute atomic E-state index is 0.0758. The van der Waals surface area contributed by atoms with Gasteiger partial charge in [0.2, 0.25) is 0 Å². The van der Waals surface area contributed by atoms with Gasteiger partial charge in [0.15, 0.2) is 0 Å². The van der Waals surface area contributed by atoms with E-state index in [1.54, 1.807) is 0 Å². The molecule has 0 saturated heterocycles. The lowest BCUT2D eigenvalue weighted by molar-refractivity contribution is 0.0235. The number of rotatable bonds is 4. The smallest absolute Gasteiger partial charge is 0.253 e. The first kappa shape index (κ1) is 12.5. The number of aromatic nitrogens is 1. The first-order chi connectivity index (χ1) is 7.56. The predicted molar refractivity (Wildman–Crippen MR) is 57.1 cm³/mol. The molecule has 7 nitrogen and oxygen atoms in total. The number of aliphatic hydroxyl groups excluding tert-OH is 2. The zero-order chi connectivity index (χ0) is 12.1. The maximum Gasteiger partial charge on any atom is 0.253 e. The van der Waals surface area contributed by atoms with Crippen molar-refractivity contribution in [1.29, 1.82) is 0 Å². The van der Waals surface area contributed by atoms with Gasteiger partial charge in [-0.25, -0.2) is 0 Å². The molecule has 1 aromatic rings. The Morgan fingerprint density at radius 1 is 1.62 bits per heavy atom. The number of H-pyrrole nitrogens is 1. The van der Waals surface area contributed by atoms with Gasteiger partial charge in [-0.1, -0.05) is 16.7 Å². The van der Waals surface area contributed by atoms with Crippen LogP contribution in [0.4, 0.5) is 0 Å². The van der Waals surface area contributed by atoms with Gasteiger partial charge in [0.1, 0.15) is 6.10 Å².